The van der Waals surface area contributed by atoms with Crippen molar-refractivity contribution in [2.45, 2.75) is 5.51 Å². The highest BCUT2D eigenvalue weighted by Crippen LogP contribution is 2.37. The van der Waals surface area contributed by atoms with E-state index in [0.29, 0.717) is 0 Å². The summed E-state index contributed by atoms with van der Waals surface area (Å²) in [7, 11) is -4.23. The Balaban J connectivity index is 5.22. The predicted molar refractivity (Wildman–Crippen MR) is 56.8 cm³/mol. The average Bonchev–Trinajstić information content (AvgIpc) is 2.25. The fourth-order valence-corrected chi connectivity index (χ4v) is 3.13. The molecule has 0 aromatic heterocycles. The molecule has 0 fully saturated rings. The molecule has 0 aromatic carbocycles. The van der Waals surface area contributed by atoms with Gasteiger partial charge in [0.05, 0.1) is 38.1 Å². The number of carbonyl (C=O) groups is 2. The molecule has 0 saturated carbocycles. The Morgan fingerprint density at radius 1 is 1.06 bits per heavy atom. The molecule has 18 heavy (non-hydrogen) atoms. The first kappa shape index (κ1) is 17.3. The Kier molecular flexibility index (Phi) is 6.25. The first-order valence-corrected chi connectivity index (χ1v) is 6.68. The smallest absolute Gasteiger partial charge is 0.460 e. The van der Waals surface area contributed by atoms with Crippen molar-refractivity contribution in [1.82, 2.24) is 3.12 Å². The van der Waals surface area contributed by atoms with Crippen molar-refractivity contribution < 1.29 is 40.7 Å². The van der Waals surface area contributed by atoms with E-state index >= 15 is 0 Å². The third-order valence-electron chi connectivity index (χ3n) is 1.12. The average molecular weight is 329 g/mol. The van der Waals surface area contributed by atoms with Gasteiger partial charge < -0.3 is 9.47 Å². The van der Waals surface area contributed by atoms with Crippen LogP contribution in [0.5, 0.6) is 0 Å². The van der Waals surface area contributed by atoms with Gasteiger partial charge in [-0.15, -0.1) is 0 Å². The highest BCUT2D eigenvalue weighted by molar-refractivity contribution is 8.32. The van der Waals surface area contributed by atoms with Crippen LogP contribution in [-0.4, -0.2) is 41.9 Å². The fraction of sp³-hybridized carbons (Fsp3) is 0.600. The van der Waals surface area contributed by atoms with Crippen LogP contribution in [0.15, 0.2) is 0 Å². The summed E-state index contributed by atoms with van der Waals surface area (Å²) < 4.78 is 66.1. The second-order valence-electron chi connectivity index (χ2n) is 2.24. The number of alkyl halides is 3. The fourth-order valence-electron chi connectivity index (χ4n) is 0.398. The number of rotatable bonds is 3. The van der Waals surface area contributed by atoms with E-state index in [4.69, 9.17) is 0 Å². The number of hydrogen-bond acceptors (Lipinski definition) is 8. The molecule has 0 bridgehead atoms. The molecule has 0 unspecified atom stereocenters. The van der Waals surface area contributed by atoms with Crippen LogP contribution in [0.1, 0.15) is 0 Å². The van der Waals surface area contributed by atoms with Gasteiger partial charge >= 0.3 is 26.1 Å². The minimum Gasteiger partial charge on any atom is -0.460 e. The molecule has 0 aliphatic heterocycles. The molecular formula is C5H6F3NO6S3. The quantitative estimate of drug-likeness (QED) is 0.573. The zero-order valence-corrected chi connectivity index (χ0v) is 11.2. The normalized spacial score (nSPS) is 12.3. The van der Waals surface area contributed by atoms with Crippen LogP contribution < -0.4 is 0 Å². The molecular weight excluding hydrogens is 323 g/mol. The minimum absolute atomic E-state index is 0.451. The van der Waals surface area contributed by atoms with Crippen molar-refractivity contribution >= 4 is 44.5 Å². The number of carbonyl (C=O) groups excluding carboxylic acids is 2. The maximum Gasteiger partial charge on any atom is 0.513 e. The Hall–Kier alpha value is -0.660. The minimum atomic E-state index is -5.89. The summed E-state index contributed by atoms with van der Waals surface area (Å²) in [6.45, 7) is 0. The van der Waals surface area contributed by atoms with E-state index in [-0.39, 0.29) is 0 Å². The van der Waals surface area contributed by atoms with E-state index in [9.17, 15) is 31.2 Å². The number of nitrogens with zero attached hydrogens (tertiary/aromatic N) is 1. The molecule has 0 rings (SSSR count). The molecule has 0 aliphatic rings. The van der Waals surface area contributed by atoms with Gasteiger partial charge in [-0.2, -0.15) is 13.2 Å². The largest absolute Gasteiger partial charge is 0.513 e. The van der Waals surface area contributed by atoms with Crippen molar-refractivity contribution in [3.63, 3.8) is 0 Å². The van der Waals surface area contributed by atoms with Gasteiger partial charge in [0.1, 0.15) is 0 Å². The van der Waals surface area contributed by atoms with Gasteiger partial charge in [-0.25, -0.2) is 18.0 Å². The third-order valence-corrected chi connectivity index (χ3v) is 5.10. The monoisotopic (exact) mass is 329 g/mol. The maximum atomic E-state index is 12.2. The number of sulfonamides is 1. The highest BCUT2D eigenvalue weighted by atomic mass is 32.3. The Labute approximate surface area is 108 Å². The van der Waals surface area contributed by atoms with Crippen molar-refractivity contribution in [3.8, 4) is 0 Å². The van der Waals surface area contributed by atoms with E-state index in [2.05, 4.69) is 9.47 Å². The van der Waals surface area contributed by atoms with E-state index in [1.54, 1.807) is 0 Å². The van der Waals surface area contributed by atoms with Crippen molar-refractivity contribution in [1.29, 1.82) is 0 Å². The van der Waals surface area contributed by atoms with Crippen LogP contribution in [0.3, 0.4) is 0 Å². The van der Waals surface area contributed by atoms with Crippen LogP contribution in [0, 0.1) is 0 Å². The van der Waals surface area contributed by atoms with Crippen LogP contribution >= 0.6 is 23.9 Å². The van der Waals surface area contributed by atoms with Crippen molar-refractivity contribution in [2.75, 3.05) is 14.2 Å². The number of methoxy groups -OCH3 is 2. The van der Waals surface area contributed by atoms with Crippen LogP contribution in [0.25, 0.3) is 0 Å². The first-order chi connectivity index (χ1) is 8.06. The van der Waals surface area contributed by atoms with Gasteiger partial charge in [0.2, 0.25) is 0 Å². The molecule has 0 spiro atoms. The van der Waals surface area contributed by atoms with Crippen molar-refractivity contribution in [3.05, 3.63) is 0 Å². The van der Waals surface area contributed by atoms with Gasteiger partial charge in [0.15, 0.2) is 0 Å². The van der Waals surface area contributed by atoms with Crippen LogP contribution in [0.4, 0.5) is 22.8 Å². The van der Waals surface area contributed by atoms with Gasteiger partial charge in [0, 0.05) is 0 Å². The topological polar surface area (TPSA) is 90.0 Å². The van der Waals surface area contributed by atoms with Crippen LogP contribution in [0.2, 0.25) is 0 Å². The lowest BCUT2D eigenvalue weighted by molar-refractivity contribution is -0.0453. The summed E-state index contributed by atoms with van der Waals surface area (Å²) in [6.07, 6.45) is 0. The summed E-state index contributed by atoms with van der Waals surface area (Å²) in [5, 5.41) is -2.70. The second-order valence-corrected chi connectivity index (χ2v) is 6.47. The maximum absolute atomic E-state index is 12.2. The highest BCUT2D eigenvalue weighted by Gasteiger charge is 2.52. The van der Waals surface area contributed by atoms with E-state index in [1.807, 2.05) is 0 Å². The summed E-state index contributed by atoms with van der Waals surface area (Å²) in [6, 6.07) is 0. The van der Waals surface area contributed by atoms with Gasteiger partial charge in [-0.3, -0.25) is 0 Å². The number of ether oxygens (including phenoxy) is 2. The molecule has 13 heteroatoms. The lowest BCUT2D eigenvalue weighted by Gasteiger charge is -2.17. The number of hydrogen-bond donors (Lipinski definition) is 0. The van der Waals surface area contributed by atoms with E-state index in [1.165, 1.54) is 0 Å². The molecule has 0 amide bonds. The second kappa shape index (κ2) is 6.49. The number of halogens is 3. The zero-order valence-electron chi connectivity index (χ0n) is 8.76. The molecule has 0 N–H and O–H groups in total. The lowest BCUT2D eigenvalue weighted by atomic mass is 11.5. The Bertz CT molecular complexity index is 403. The predicted octanol–water partition coefficient (Wildman–Crippen LogP) is 1.97. The molecule has 0 aromatic rings. The summed E-state index contributed by atoms with van der Waals surface area (Å²) >= 11 is -0.903. The molecule has 0 aliphatic carbocycles. The Morgan fingerprint density at radius 3 is 1.61 bits per heavy atom. The summed E-state index contributed by atoms with van der Waals surface area (Å²) in [5.41, 5.74) is -5.67. The lowest BCUT2D eigenvalue weighted by Crippen LogP contribution is -2.34. The SMILES string of the molecule is COC(=O)SN(SC(=O)OC)S(=O)(=O)C(F)(F)F. The first-order valence-electron chi connectivity index (χ1n) is 3.69. The molecule has 0 heterocycles. The zero-order chi connectivity index (χ0) is 14.6. The van der Waals surface area contributed by atoms with Gasteiger partial charge in [-0.05, 0) is 0 Å². The molecule has 0 saturated heterocycles. The summed E-state index contributed by atoms with van der Waals surface area (Å²) in [5.74, 6) is 0. The van der Waals surface area contributed by atoms with E-state index in [0.717, 1.165) is 14.2 Å². The molecule has 106 valence electrons. The van der Waals surface area contributed by atoms with Gasteiger partial charge in [-0.1, -0.05) is 3.12 Å². The standard InChI is InChI=1S/C5H6F3NO6S3/c1-14-3(10)16-9(17-4(11)15-2)18(12,13)5(6,7)8/h1-2H3. The molecule has 0 radical (unpaired) electrons. The van der Waals surface area contributed by atoms with Crippen LogP contribution in [-0.2, 0) is 19.5 Å². The third kappa shape index (κ3) is 4.55. The van der Waals surface area contributed by atoms with Gasteiger partial charge in [0.25, 0.3) is 0 Å². The molecule has 7 nitrogen and oxygen atoms in total. The Morgan fingerprint density at radius 2 is 1.39 bits per heavy atom. The van der Waals surface area contributed by atoms with Crippen molar-refractivity contribution in [2.24, 2.45) is 0 Å². The summed E-state index contributed by atoms with van der Waals surface area (Å²) in [4.78, 5) is 21.5. The van der Waals surface area contributed by atoms with E-state index < -0.39 is 53.1 Å². The molecule has 0 atom stereocenters.